The van der Waals surface area contributed by atoms with E-state index in [9.17, 15) is 0 Å². The molecule has 0 spiro atoms. The molecular weight excluding hydrogens is 524 g/mol. The van der Waals surface area contributed by atoms with Gasteiger partial charge in [-0.1, -0.05) is 6.92 Å². The average Bonchev–Trinajstić information content (AvgIpc) is 3.78. The summed E-state index contributed by atoms with van der Waals surface area (Å²) in [7, 11) is 0. The van der Waals surface area contributed by atoms with Crippen LogP contribution in [0.15, 0.2) is 6.07 Å². The molecule has 2 heteroatoms. The fourth-order valence-electron chi connectivity index (χ4n) is 16.4. The van der Waals surface area contributed by atoms with Crippen LogP contribution in [0.25, 0.3) is 0 Å². The Bertz CT molecular complexity index is 1230. The van der Waals surface area contributed by atoms with E-state index in [0.29, 0.717) is 22.3 Å². The summed E-state index contributed by atoms with van der Waals surface area (Å²) in [6, 6.07) is 2.78. The van der Waals surface area contributed by atoms with Gasteiger partial charge in [-0.25, -0.2) is 0 Å². The summed E-state index contributed by atoms with van der Waals surface area (Å²) >= 11 is 0. The first-order valence-electron chi connectivity index (χ1n) is 19.4. The fraction of sp³-hybridized carbons (Fsp3) is 0.854. The van der Waals surface area contributed by atoms with Crippen molar-refractivity contribution in [2.24, 2.45) is 53.3 Å². The minimum Gasteiger partial charge on any atom is -0.490 e. The Balaban J connectivity index is 1.17. The third-order valence-corrected chi connectivity index (χ3v) is 16.3. The van der Waals surface area contributed by atoms with Gasteiger partial charge in [0, 0.05) is 11.0 Å². The van der Waals surface area contributed by atoms with E-state index in [4.69, 9.17) is 9.47 Å². The molecule has 0 amide bonds. The first-order chi connectivity index (χ1) is 21.0. The molecule has 14 rings (SSSR count). The first-order valence-corrected chi connectivity index (χ1v) is 19.4. The zero-order chi connectivity index (χ0) is 28.1. The van der Waals surface area contributed by atoms with Crippen LogP contribution in [0.3, 0.4) is 0 Å². The number of benzene rings is 1. The Hall–Kier alpha value is -1.02. The molecule has 0 radical (unpaired) electrons. The summed E-state index contributed by atoms with van der Waals surface area (Å²) < 4.78 is 13.0. The molecular formula is C41H56O2. The summed E-state index contributed by atoms with van der Waals surface area (Å²) in [4.78, 5) is 0. The molecule has 1 saturated heterocycles. The molecule has 12 bridgehead atoms. The van der Waals surface area contributed by atoms with Gasteiger partial charge in [-0.05, 0) is 209 Å². The molecule has 2 nitrogen and oxygen atoms in total. The molecule has 1 unspecified atom stereocenters. The Morgan fingerprint density at radius 1 is 0.581 bits per heavy atom. The number of hydrogen-bond acceptors (Lipinski definition) is 2. The van der Waals surface area contributed by atoms with E-state index < -0.39 is 0 Å². The molecule has 1 heterocycles. The van der Waals surface area contributed by atoms with Crippen molar-refractivity contribution >= 4 is 0 Å². The van der Waals surface area contributed by atoms with Crippen LogP contribution in [0, 0.1) is 53.3 Å². The van der Waals surface area contributed by atoms with Gasteiger partial charge in [0.05, 0.1) is 6.61 Å². The molecule has 12 aliphatic carbocycles. The van der Waals surface area contributed by atoms with Crippen LogP contribution >= 0.6 is 0 Å². The lowest BCUT2D eigenvalue weighted by atomic mass is 9.42. The maximum Gasteiger partial charge on any atom is 0.123 e. The van der Waals surface area contributed by atoms with Gasteiger partial charge in [0.25, 0.3) is 0 Å². The molecule has 13 fully saturated rings. The molecule has 1 atom stereocenters. The van der Waals surface area contributed by atoms with Crippen LogP contribution in [0.4, 0.5) is 0 Å². The lowest BCUT2D eigenvalue weighted by Gasteiger charge is -2.62. The van der Waals surface area contributed by atoms with Crippen molar-refractivity contribution in [3.63, 3.8) is 0 Å². The number of rotatable bonds is 7. The third-order valence-electron chi connectivity index (χ3n) is 16.3. The molecule has 12 saturated carbocycles. The average molecular weight is 581 g/mol. The summed E-state index contributed by atoms with van der Waals surface area (Å²) in [5.41, 5.74) is 8.79. The number of ether oxygens (including phenoxy) is 2. The predicted octanol–water partition coefficient (Wildman–Crippen LogP) is 9.43. The molecule has 1 aromatic rings. The van der Waals surface area contributed by atoms with Crippen molar-refractivity contribution < 1.29 is 9.47 Å². The third kappa shape index (κ3) is 3.80. The van der Waals surface area contributed by atoms with Gasteiger partial charge in [-0.3, -0.25) is 0 Å². The maximum absolute atomic E-state index is 7.23. The van der Waals surface area contributed by atoms with E-state index in [2.05, 4.69) is 13.0 Å². The molecule has 13 aliphatic rings. The topological polar surface area (TPSA) is 21.8 Å². The summed E-state index contributed by atoms with van der Waals surface area (Å²) in [5.74, 6) is 10.3. The number of hydrogen-bond donors (Lipinski definition) is 0. The van der Waals surface area contributed by atoms with E-state index >= 15 is 0 Å². The minimum atomic E-state index is 0.334. The Morgan fingerprint density at radius 3 is 1.33 bits per heavy atom. The van der Waals surface area contributed by atoms with Gasteiger partial charge in [0.1, 0.15) is 18.5 Å². The van der Waals surface area contributed by atoms with E-state index in [1.807, 2.05) is 22.3 Å². The maximum atomic E-state index is 7.23. The van der Waals surface area contributed by atoms with Gasteiger partial charge < -0.3 is 9.47 Å². The van der Waals surface area contributed by atoms with Crippen molar-refractivity contribution in [1.29, 1.82) is 0 Å². The van der Waals surface area contributed by atoms with E-state index in [-0.39, 0.29) is 0 Å². The lowest BCUT2D eigenvalue weighted by molar-refractivity contribution is -0.0200. The van der Waals surface area contributed by atoms with Crippen LogP contribution in [0.1, 0.15) is 145 Å². The molecule has 232 valence electrons. The highest BCUT2D eigenvalue weighted by Gasteiger charge is 2.60. The van der Waals surface area contributed by atoms with Gasteiger partial charge in [0.2, 0.25) is 0 Å². The molecule has 0 aromatic heterocycles. The van der Waals surface area contributed by atoms with E-state index in [0.717, 1.165) is 66.5 Å². The molecule has 43 heavy (non-hydrogen) atoms. The van der Waals surface area contributed by atoms with Crippen LogP contribution in [0.2, 0.25) is 0 Å². The molecule has 1 aromatic carbocycles. The van der Waals surface area contributed by atoms with E-state index in [1.165, 1.54) is 108 Å². The van der Waals surface area contributed by atoms with Gasteiger partial charge in [-0.2, -0.15) is 0 Å². The predicted molar refractivity (Wildman–Crippen MR) is 171 cm³/mol. The summed E-state index contributed by atoms with van der Waals surface area (Å²) in [6.07, 6.45) is 28.8. The van der Waals surface area contributed by atoms with Gasteiger partial charge in [-0.15, -0.1) is 0 Å². The second-order valence-corrected chi connectivity index (χ2v) is 19.4. The fourth-order valence-corrected chi connectivity index (χ4v) is 16.4. The summed E-state index contributed by atoms with van der Waals surface area (Å²) in [6.45, 7) is 4.26. The second kappa shape index (κ2) is 8.86. The van der Waals surface area contributed by atoms with Crippen LogP contribution in [0.5, 0.6) is 5.75 Å². The van der Waals surface area contributed by atoms with Crippen molar-refractivity contribution in [1.82, 2.24) is 0 Å². The SMILES string of the molecule is CCc1c(C23CC4CC(CC(C4)C2)C3)cc(OCC2CO2)c(C23CC4CC(CC(C4)C2)C3)c1C12CC3CC(CC(C3)C1)C2. The van der Waals surface area contributed by atoms with Crippen molar-refractivity contribution in [2.75, 3.05) is 13.2 Å². The Morgan fingerprint density at radius 2 is 0.953 bits per heavy atom. The summed E-state index contributed by atoms with van der Waals surface area (Å²) in [5, 5.41) is 0. The van der Waals surface area contributed by atoms with Gasteiger partial charge in [0.15, 0.2) is 0 Å². The highest BCUT2D eigenvalue weighted by atomic mass is 16.6. The van der Waals surface area contributed by atoms with Crippen LogP contribution < -0.4 is 4.74 Å². The number of epoxide rings is 1. The highest BCUT2D eigenvalue weighted by Crippen LogP contribution is 2.69. The first kappa shape index (κ1) is 26.1. The molecule has 0 N–H and O–H groups in total. The molecule has 1 aliphatic heterocycles. The van der Waals surface area contributed by atoms with Crippen molar-refractivity contribution in [2.45, 2.75) is 151 Å². The minimum absolute atomic E-state index is 0.334. The van der Waals surface area contributed by atoms with E-state index in [1.54, 1.807) is 19.3 Å². The Labute approximate surface area is 260 Å². The van der Waals surface area contributed by atoms with Crippen LogP contribution in [-0.2, 0) is 27.4 Å². The zero-order valence-corrected chi connectivity index (χ0v) is 27.0. The van der Waals surface area contributed by atoms with Crippen LogP contribution in [-0.4, -0.2) is 19.3 Å². The lowest BCUT2D eigenvalue weighted by Crippen LogP contribution is -2.53. The van der Waals surface area contributed by atoms with Crippen molar-refractivity contribution in [3.8, 4) is 5.75 Å². The van der Waals surface area contributed by atoms with Crippen molar-refractivity contribution in [3.05, 3.63) is 28.3 Å². The Kier molecular flexibility index (Phi) is 5.38. The van der Waals surface area contributed by atoms with Gasteiger partial charge >= 0.3 is 0 Å². The second-order valence-electron chi connectivity index (χ2n) is 19.4. The quantitative estimate of drug-likeness (QED) is 0.300. The monoisotopic (exact) mass is 580 g/mol. The smallest absolute Gasteiger partial charge is 0.123 e. The zero-order valence-electron chi connectivity index (χ0n) is 27.0. The highest BCUT2D eigenvalue weighted by molar-refractivity contribution is 5.60. The standard InChI is InChI=1S/C41H56O2/c1-2-34-35(39-13-24-3-25(14-39)5-26(4-24)15-39)12-36(43-23-33-22-42-33)38(41-19-30-9-31(20-41)11-32(10-30)21-41)37(34)40-16-27-6-28(17-40)8-29(7-27)18-40/h12,24-33H,2-11,13-23H2,1H3. The largest absolute Gasteiger partial charge is 0.490 e. The normalized spacial score (nSPS) is 52.8.